The Morgan fingerprint density at radius 1 is 1.06 bits per heavy atom. The fraction of sp³-hybridized carbons (Fsp3) is 0. The van der Waals surface area contributed by atoms with E-state index in [1.807, 2.05) is 0 Å². The summed E-state index contributed by atoms with van der Waals surface area (Å²) in [6.07, 6.45) is 2.73. The molecule has 1 N–H and O–H groups in total. The minimum absolute atomic E-state index is 0.00649. The quantitative estimate of drug-likeness (QED) is 0.924. The van der Waals surface area contributed by atoms with E-state index in [-0.39, 0.29) is 15.9 Å². The fourth-order valence-electron chi connectivity index (χ4n) is 1.18. The van der Waals surface area contributed by atoms with E-state index in [4.69, 9.17) is 11.6 Å². The Balaban J connectivity index is 2.34. The molecule has 1 aromatic carbocycles. The molecule has 0 saturated carbocycles. The number of hydrogen-bond donors (Lipinski definition) is 1. The van der Waals surface area contributed by atoms with Crippen LogP contribution in [0.25, 0.3) is 0 Å². The molecule has 0 fully saturated rings. The summed E-state index contributed by atoms with van der Waals surface area (Å²) in [6.45, 7) is 0. The normalized spacial score (nSPS) is 11.1. The van der Waals surface area contributed by atoms with Crippen LogP contribution in [0, 0.1) is 0 Å². The molecule has 1 aromatic heterocycles. The van der Waals surface area contributed by atoms with Crippen molar-refractivity contribution < 1.29 is 8.42 Å². The van der Waals surface area contributed by atoms with Gasteiger partial charge in [-0.3, -0.25) is 4.72 Å². The van der Waals surface area contributed by atoms with Crippen molar-refractivity contribution in [1.82, 2.24) is 9.97 Å². The topological polar surface area (TPSA) is 72.0 Å². The highest BCUT2D eigenvalue weighted by atomic mass is 35.5. The van der Waals surface area contributed by atoms with Gasteiger partial charge < -0.3 is 0 Å². The van der Waals surface area contributed by atoms with Crippen LogP contribution in [0.4, 0.5) is 5.82 Å². The highest BCUT2D eigenvalue weighted by molar-refractivity contribution is 7.92. The highest BCUT2D eigenvalue weighted by Gasteiger charge is 2.15. The highest BCUT2D eigenvalue weighted by Crippen LogP contribution is 2.19. The van der Waals surface area contributed by atoms with Crippen molar-refractivity contribution in [2.45, 2.75) is 4.90 Å². The summed E-state index contributed by atoms with van der Waals surface area (Å²) >= 11 is 5.72. The molecule has 0 spiro atoms. The Morgan fingerprint density at radius 2 is 1.71 bits per heavy atom. The minimum Gasteiger partial charge on any atom is -0.261 e. The van der Waals surface area contributed by atoms with Crippen molar-refractivity contribution in [2.75, 3.05) is 4.72 Å². The molecule has 2 rings (SSSR count). The second-order valence-corrected chi connectivity index (χ2v) is 5.15. The van der Waals surface area contributed by atoms with Crippen LogP contribution in [0.15, 0.2) is 47.6 Å². The third kappa shape index (κ3) is 2.72. The van der Waals surface area contributed by atoms with Crippen LogP contribution in [0.3, 0.4) is 0 Å². The Labute approximate surface area is 104 Å². The van der Waals surface area contributed by atoms with Crippen molar-refractivity contribution in [3.8, 4) is 0 Å². The number of halogens is 1. The first-order valence-electron chi connectivity index (χ1n) is 4.64. The molecule has 0 aliphatic carbocycles. The van der Waals surface area contributed by atoms with Gasteiger partial charge >= 0.3 is 0 Å². The molecule has 17 heavy (non-hydrogen) atoms. The number of rotatable bonds is 3. The predicted molar refractivity (Wildman–Crippen MR) is 64.3 cm³/mol. The van der Waals surface area contributed by atoms with Gasteiger partial charge in [0.15, 0.2) is 11.0 Å². The maximum absolute atomic E-state index is 11.9. The molecule has 5 nitrogen and oxygen atoms in total. The first-order chi connectivity index (χ1) is 8.09. The van der Waals surface area contributed by atoms with Crippen LogP contribution in [0.2, 0.25) is 5.15 Å². The number of anilines is 1. The van der Waals surface area contributed by atoms with Crippen LogP contribution in [-0.4, -0.2) is 18.4 Å². The lowest BCUT2D eigenvalue weighted by molar-refractivity contribution is 0.601. The Bertz CT molecular complexity index is 616. The zero-order chi connectivity index (χ0) is 12.3. The molecule has 0 radical (unpaired) electrons. The largest absolute Gasteiger partial charge is 0.263 e. The maximum atomic E-state index is 11.9. The predicted octanol–water partition coefficient (Wildman–Crippen LogP) is 1.93. The number of aromatic nitrogens is 2. The van der Waals surface area contributed by atoms with Crippen LogP contribution in [0.5, 0.6) is 0 Å². The van der Waals surface area contributed by atoms with Gasteiger partial charge in [0.25, 0.3) is 10.0 Å². The average molecular weight is 270 g/mol. The van der Waals surface area contributed by atoms with E-state index in [1.165, 1.54) is 24.5 Å². The van der Waals surface area contributed by atoms with E-state index in [1.54, 1.807) is 18.2 Å². The Morgan fingerprint density at radius 3 is 2.35 bits per heavy atom. The van der Waals surface area contributed by atoms with Crippen LogP contribution >= 0.6 is 11.6 Å². The monoisotopic (exact) mass is 269 g/mol. The Kier molecular flexibility index (Phi) is 3.26. The van der Waals surface area contributed by atoms with Gasteiger partial charge in [-0.2, -0.15) is 0 Å². The lowest BCUT2D eigenvalue weighted by atomic mass is 10.4. The molecule has 0 unspecified atom stereocenters. The molecule has 0 saturated heterocycles. The number of nitrogens with one attached hydrogen (secondary N) is 1. The number of benzene rings is 1. The van der Waals surface area contributed by atoms with Crippen LogP contribution in [0.1, 0.15) is 0 Å². The molecule has 88 valence electrons. The van der Waals surface area contributed by atoms with E-state index < -0.39 is 10.0 Å². The second kappa shape index (κ2) is 4.68. The summed E-state index contributed by atoms with van der Waals surface area (Å²) in [6, 6.07) is 7.95. The molecule has 0 amide bonds. The Hall–Kier alpha value is -1.66. The van der Waals surface area contributed by atoms with E-state index in [0.717, 1.165) is 0 Å². The summed E-state index contributed by atoms with van der Waals surface area (Å²) in [4.78, 5) is 7.68. The second-order valence-electron chi connectivity index (χ2n) is 3.11. The lowest BCUT2D eigenvalue weighted by Gasteiger charge is -2.07. The number of hydrogen-bond acceptors (Lipinski definition) is 4. The zero-order valence-electron chi connectivity index (χ0n) is 8.54. The van der Waals surface area contributed by atoms with Gasteiger partial charge in [-0.25, -0.2) is 18.4 Å². The molecule has 0 aliphatic rings. The van der Waals surface area contributed by atoms with E-state index >= 15 is 0 Å². The summed E-state index contributed by atoms with van der Waals surface area (Å²) in [5.74, 6) is 0.0121. The van der Waals surface area contributed by atoms with Crippen molar-refractivity contribution >= 4 is 27.4 Å². The van der Waals surface area contributed by atoms with Crippen molar-refractivity contribution in [3.05, 3.63) is 47.9 Å². The smallest absolute Gasteiger partial charge is 0.261 e. The van der Waals surface area contributed by atoms with E-state index in [0.29, 0.717) is 0 Å². The molecule has 2 aromatic rings. The summed E-state index contributed by atoms with van der Waals surface area (Å²) in [5.41, 5.74) is 0. The molecular formula is C10H8ClN3O2S. The van der Waals surface area contributed by atoms with E-state index in [2.05, 4.69) is 14.7 Å². The average Bonchev–Trinajstić information content (AvgIpc) is 2.33. The first kappa shape index (κ1) is 11.8. The van der Waals surface area contributed by atoms with Gasteiger partial charge in [-0.15, -0.1) is 0 Å². The molecule has 7 heteroatoms. The molecule has 1 heterocycles. The standard InChI is InChI=1S/C10H8ClN3O2S/c11-9-10(13-7-6-12-9)14-17(15,16)8-4-2-1-3-5-8/h1-7H,(H,13,14). The molecule has 0 bridgehead atoms. The molecular weight excluding hydrogens is 262 g/mol. The van der Waals surface area contributed by atoms with Gasteiger partial charge in [0.1, 0.15) is 0 Å². The third-order valence-corrected chi connectivity index (χ3v) is 3.57. The summed E-state index contributed by atoms with van der Waals surface area (Å²) in [7, 11) is -3.67. The maximum Gasteiger partial charge on any atom is 0.263 e. The zero-order valence-corrected chi connectivity index (χ0v) is 10.1. The molecule has 0 atom stereocenters. The van der Waals surface area contributed by atoms with Gasteiger partial charge in [-0.05, 0) is 12.1 Å². The van der Waals surface area contributed by atoms with Gasteiger partial charge in [0.05, 0.1) is 4.90 Å². The fourth-order valence-corrected chi connectivity index (χ4v) is 2.42. The number of nitrogens with zero attached hydrogens (tertiary/aromatic N) is 2. The summed E-state index contributed by atoms with van der Waals surface area (Å²) in [5, 5.41) is 0.00649. The first-order valence-corrected chi connectivity index (χ1v) is 6.50. The third-order valence-electron chi connectivity index (χ3n) is 1.94. The van der Waals surface area contributed by atoms with Gasteiger partial charge in [0, 0.05) is 12.4 Å². The van der Waals surface area contributed by atoms with Crippen molar-refractivity contribution in [1.29, 1.82) is 0 Å². The van der Waals surface area contributed by atoms with Crippen LogP contribution < -0.4 is 4.72 Å². The minimum atomic E-state index is -3.67. The van der Waals surface area contributed by atoms with Crippen molar-refractivity contribution in [3.63, 3.8) is 0 Å². The van der Waals surface area contributed by atoms with E-state index in [9.17, 15) is 8.42 Å². The SMILES string of the molecule is O=S(=O)(Nc1nccnc1Cl)c1ccccc1. The summed E-state index contributed by atoms with van der Waals surface area (Å²) < 4.78 is 26.1. The van der Waals surface area contributed by atoms with Crippen LogP contribution in [-0.2, 0) is 10.0 Å². The lowest BCUT2D eigenvalue weighted by Crippen LogP contribution is -2.14. The van der Waals surface area contributed by atoms with Gasteiger partial charge in [0.2, 0.25) is 0 Å². The molecule has 0 aliphatic heterocycles. The van der Waals surface area contributed by atoms with Crippen molar-refractivity contribution in [2.24, 2.45) is 0 Å². The number of sulfonamides is 1. The van der Waals surface area contributed by atoms with Gasteiger partial charge in [-0.1, -0.05) is 29.8 Å².